The van der Waals surface area contributed by atoms with Gasteiger partial charge in [0.15, 0.2) is 5.65 Å². The molecule has 3 aromatic heterocycles. The minimum atomic E-state index is -4.41. The van der Waals surface area contributed by atoms with Crippen LogP contribution in [-0.2, 0) is 12.7 Å². The molecule has 0 aliphatic rings. The van der Waals surface area contributed by atoms with Gasteiger partial charge in [-0.3, -0.25) is 0 Å². The highest BCUT2D eigenvalue weighted by Crippen LogP contribution is 2.30. The summed E-state index contributed by atoms with van der Waals surface area (Å²) < 4.78 is 41.1. The van der Waals surface area contributed by atoms with Gasteiger partial charge in [-0.2, -0.15) is 13.2 Å². The fraction of sp³-hybridized carbons (Fsp3) is 0.125. The van der Waals surface area contributed by atoms with E-state index in [0.29, 0.717) is 12.2 Å². The summed E-state index contributed by atoms with van der Waals surface area (Å²) in [4.78, 5) is 7.98. The maximum Gasteiger partial charge on any atom is 0.417 e. The lowest BCUT2D eigenvalue weighted by Crippen LogP contribution is -2.06. The Morgan fingerprint density at radius 1 is 1.09 bits per heavy atom. The molecule has 23 heavy (non-hydrogen) atoms. The average Bonchev–Trinajstić information content (AvgIpc) is 3.12. The van der Waals surface area contributed by atoms with Gasteiger partial charge in [0.05, 0.1) is 18.4 Å². The van der Waals surface area contributed by atoms with Crippen molar-refractivity contribution in [1.82, 2.24) is 14.5 Å². The van der Waals surface area contributed by atoms with Crippen molar-refractivity contribution in [2.75, 3.05) is 0 Å². The van der Waals surface area contributed by atoms with E-state index >= 15 is 0 Å². The van der Waals surface area contributed by atoms with E-state index in [1.807, 2.05) is 17.5 Å². The van der Waals surface area contributed by atoms with Crippen molar-refractivity contribution in [3.63, 3.8) is 0 Å². The summed E-state index contributed by atoms with van der Waals surface area (Å²) >= 11 is 1.66. The number of halogens is 3. The molecule has 0 saturated heterocycles. The van der Waals surface area contributed by atoms with Crippen LogP contribution >= 0.6 is 11.3 Å². The smallest absolute Gasteiger partial charge is 0.311 e. The fourth-order valence-corrected chi connectivity index (χ4v) is 3.37. The number of aromatic nitrogens is 3. The molecule has 0 fully saturated rings. The SMILES string of the molecule is FC(F)(F)c1cnc2c(c1)ncn2Cc1ccc2ccsc2c1. The molecule has 0 amide bonds. The van der Waals surface area contributed by atoms with E-state index in [4.69, 9.17) is 0 Å². The number of nitrogens with zero attached hydrogens (tertiary/aromatic N) is 3. The summed E-state index contributed by atoms with van der Waals surface area (Å²) in [6.45, 7) is 0.517. The van der Waals surface area contributed by atoms with Crippen LogP contribution < -0.4 is 0 Å². The van der Waals surface area contributed by atoms with Crippen LogP contribution in [0, 0.1) is 0 Å². The number of pyridine rings is 1. The van der Waals surface area contributed by atoms with E-state index in [0.717, 1.165) is 17.8 Å². The van der Waals surface area contributed by atoms with Crippen LogP contribution in [-0.4, -0.2) is 14.5 Å². The van der Waals surface area contributed by atoms with Crippen LogP contribution in [0.4, 0.5) is 13.2 Å². The van der Waals surface area contributed by atoms with Gasteiger partial charge in [-0.25, -0.2) is 9.97 Å². The lowest BCUT2D eigenvalue weighted by atomic mass is 10.2. The van der Waals surface area contributed by atoms with Gasteiger partial charge in [-0.15, -0.1) is 11.3 Å². The molecule has 4 aromatic rings. The molecule has 3 nitrogen and oxygen atoms in total. The Morgan fingerprint density at radius 2 is 1.96 bits per heavy atom. The Balaban J connectivity index is 1.71. The number of hydrogen-bond donors (Lipinski definition) is 0. The predicted molar refractivity (Wildman–Crippen MR) is 83.5 cm³/mol. The van der Waals surface area contributed by atoms with E-state index in [1.165, 1.54) is 16.4 Å². The first-order valence-electron chi connectivity index (χ1n) is 6.85. The zero-order valence-electron chi connectivity index (χ0n) is 11.7. The first-order valence-corrected chi connectivity index (χ1v) is 7.73. The first-order chi connectivity index (χ1) is 11.0. The minimum Gasteiger partial charge on any atom is -0.311 e. The van der Waals surface area contributed by atoms with Crippen molar-refractivity contribution >= 4 is 32.6 Å². The molecule has 3 heterocycles. The second-order valence-corrected chi connectivity index (χ2v) is 6.18. The Bertz CT molecular complexity index is 1000. The number of benzene rings is 1. The lowest BCUT2D eigenvalue weighted by molar-refractivity contribution is -0.137. The fourth-order valence-electron chi connectivity index (χ4n) is 2.51. The zero-order valence-corrected chi connectivity index (χ0v) is 12.5. The van der Waals surface area contributed by atoms with Crippen LogP contribution in [0.15, 0.2) is 48.2 Å². The van der Waals surface area contributed by atoms with Gasteiger partial charge in [-0.05, 0) is 34.5 Å². The van der Waals surface area contributed by atoms with Gasteiger partial charge in [0.2, 0.25) is 0 Å². The van der Waals surface area contributed by atoms with Gasteiger partial charge >= 0.3 is 6.18 Å². The largest absolute Gasteiger partial charge is 0.417 e. The van der Waals surface area contributed by atoms with Crippen molar-refractivity contribution < 1.29 is 13.2 Å². The third-order valence-corrected chi connectivity index (χ3v) is 4.54. The molecule has 0 saturated carbocycles. The normalized spacial score (nSPS) is 12.3. The Kier molecular flexibility index (Phi) is 3.12. The van der Waals surface area contributed by atoms with E-state index in [1.54, 1.807) is 15.9 Å². The van der Waals surface area contributed by atoms with Gasteiger partial charge in [0.1, 0.15) is 5.52 Å². The quantitative estimate of drug-likeness (QED) is 0.532. The van der Waals surface area contributed by atoms with Gasteiger partial charge in [-0.1, -0.05) is 12.1 Å². The molecule has 0 atom stereocenters. The van der Waals surface area contributed by atoms with E-state index in [-0.39, 0.29) is 5.52 Å². The predicted octanol–water partition coefficient (Wildman–Crippen LogP) is 4.71. The summed E-state index contributed by atoms with van der Waals surface area (Å²) in [7, 11) is 0. The minimum absolute atomic E-state index is 0.247. The summed E-state index contributed by atoms with van der Waals surface area (Å²) in [5, 5.41) is 3.21. The van der Waals surface area contributed by atoms with Crippen LogP contribution in [0.3, 0.4) is 0 Å². The van der Waals surface area contributed by atoms with Crippen molar-refractivity contribution in [1.29, 1.82) is 0 Å². The molecule has 0 spiro atoms. The highest BCUT2D eigenvalue weighted by atomic mass is 32.1. The first kappa shape index (κ1) is 14.2. The molecule has 7 heteroatoms. The van der Waals surface area contributed by atoms with Crippen molar-refractivity contribution in [3.8, 4) is 0 Å². The molecular formula is C16H10F3N3S. The Morgan fingerprint density at radius 3 is 2.78 bits per heavy atom. The van der Waals surface area contributed by atoms with Crippen LogP contribution in [0.2, 0.25) is 0 Å². The van der Waals surface area contributed by atoms with Crippen LogP contribution in [0.25, 0.3) is 21.3 Å². The molecule has 0 aliphatic heterocycles. The number of fused-ring (bicyclic) bond motifs is 2. The zero-order chi connectivity index (χ0) is 16.0. The summed E-state index contributed by atoms with van der Waals surface area (Å²) in [6.07, 6.45) is -2.03. The van der Waals surface area contributed by atoms with Crippen molar-refractivity contribution in [2.45, 2.75) is 12.7 Å². The topological polar surface area (TPSA) is 30.7 Å². The molecule has 1 aromatic carbocycles. The second kappa shape index (κ2) is 5.06. The van der Waals surface area contributed by atoms with Crippen molar-refractivity contribution in [2.24, 2.45) is 0 Å². The number of thiophene rings is 1. The molecular weight excluding hydrogens is 323 g/mol. The lowest BCUT2D eigenvalue weighted by Gasteiger charge is -2.07. The third-order valence-electron chi connectivity index (χ3n) is 3.66. The summed E-state index contributed by atoms with van der Waals surface area (Å²) in [5.41, 5.74) is 0.970. The second-order valence-electron chi connectivity index (χ2n) is 5.23. The third kappa shape index (κ3) is 2.57. The van der Waals surface area contributed by atoms with Gasteiger partial charge in [0, 0.05) is 10.9 Å². The van der Waals surface area contributed by atoms with Crippen LogP contribution in [0.5, 0.6) is 0 Å². The number of hydrogen-bond acceptors (Lipinski definition) is 3. The number of alkyl halides is 3. The highest BCUT2D eigenvalue weighted by molar-refractivity contribution is 7.17. The Hall–Kier alpha value is -2.41. The maximum atomic E-state index is 12.7. The van der Waals surface area contributed by atoms with E-state index in [9.17, 15) is 13.2 Å². The number of rotatable bonds is 2. The average molecular weight is 333 g/mol. The van der Waals surface area contributed by atoms with Crippen LogP contribution in [0.1, 0.15) is 11.1 Å². The standard InChI is InChI=1S/C16H10F3N3S/c17-16(18,19)12-6-13-15(20-7-12)22(9-21-13)8-10-1-2-11-3-4-23-14(11)5-10/h1-7,9H,8H2. The van der Waals surface area contributed by atoms with E-state index < -0.39 is 11.7 Å². The molecule has 0 bridgehead atoms. The molecule has 0 unspecified atom stereocenters. The molecule has 4 rings (SSSR count). The molecule has 116 valence electrons. The summed E-state index contributed by atoms with van der Waals surface area (Å²) in [6, 6.07) is 9.20. The molecule has 0 N–H and O–H groups in total. The van der Waals surface area contributed by atoms with Gasteiger partial charge < -0.3 is 4.57 Å². The maximum absolute atomic E-state index is 12.7. The molecule has 0 radical (unpaired) electrons. The van der Waals surface area contributed by atoms with E-state index in [2.05, 4.69) is 22.1 Å². The highest BCUT2D eigenvalue weighted by Gasteiger charge is 2.31. The molecule has 0 aliphatic carbocycles. The summed E-state index contributed by atoms with van der Waals surface area (Å²) in [5.74, 6) is 0. The van der Waals surface area contributed by atoms with Gasteiger partial charge in [0.25, 0.3) is 0 Å². The van der Waals surface area contributed by atoms with Crippen molar-refractivity contribution in [3.05, 3.63) is 59.4 Å². The Labute approximate surface area is 133 Å². The number of imidazole rings is 1. The monoisotopic (exact) mass is 333 g/mol.